The van der Waals surface area contributed by atoms with Crippen molar-refractivity contribution in [1.82, 2.24) is 9.47 Å². The Labute approximate surface area is 125 Å². The highest BCUT2D eigenvalue weighted by Gasteiger charge is 2.41. The second-order valence-electron chi connectivity index (χ2n) is 5.82. The molecular weight excluding hydrogens is 268 g/mol. The Bertz CT molecular complexity index is 513. The molecule has 0 bridgehead atoms. The van der Waals surface area contributed by atoms with Gasteiger partial charge in [-0.25, -0.2) is 0 Å². The molecule has 116 valence electrons. The number of carboxylic acid groups (broad SMARTS) is 1. The average Bonchev–Trinajstić information content (AvgIpc) is 2.95. The lowest BCUT2D eigenvalue weighted by atomic mass is 9.76. The zero-order chi connectivity index (χ0) is 15.5. The number of aromatic nitrogens is 1. The Morgan fingerprint density at radius 1 is 1.29 bits per heavy atom. The number of carbonyl (C=O) groups excluding carboxylic acids is 1. The van der Waals surface area contributed by atoms with Gasteiger partial charge in [0, 0.05) is 25.8 Å². The van der Waals surface area contributed by atoms with E-state index >= 15 is 0 Å². The van der Waals surface area contributed by atoms with Gasteiger partial charge in [-0.15, -0.1) is 0 Å². The molecule has 5 nitrogen and oxygen atoms in total. The number of amides is 1. The lowest BCUT2D eigenvalue weighted by molar-refractivity contribution is -0.152. The smallest absolute Gasteiger partial charge is 0.309 e. The molecule has 2 rings (SSSR count). The second-order valence-corrected chi connectivity index (χ2v) is 5.82. The summed E-state index contributed by atoms with van der Waals surface area (Å²) in [5.74, 6) is -0.713. The van der Waals surface area contributed by atoms with Crippen LogP contribution in [0.5, 0.6) is 0 Å². The number of nitrogens with zero attached hydrogens (tertiary/aromatic N) is 2. The van der Waals surface area contributed by atoms with Crippen molar-refractivity contribution in [3.8, 4) is 0 Å². The standard InChI is InChI=1S/C16H24N2O3/c1-3-9-17-10-5-6-13(17)14(19)18-11-7-16(4-2,8-12-18)15(20)21/h5-6,10H,3-4,7-9,11-12H2,1-2H3,(H,20,21). The van der Waals surface area contributed by atoms with Gasteiger partial charge in [0.2, 0.25) is 0 Å². The molecule has 0 atom stereocenters. The summed E-state index contributed by atoms with van der Waals surface area (Å²) in [4.78, 5) is 25.8. The van der Waals surface area contributed by atoms with Crippen LogP contribution in [0.3, 0.4) is 0 Å². The van der Waals surface area contributed by atoms with Gasteiger partial charge in [0.25, 0.3) is 5.91 Å². The predicted molar refractivity (Wildman–Crippen MR) is 80.2 cm³/mol. The average molecular weight is 292 g/mol. The number of carboxylic acids is 1. The molecule has 0 unspecified atom stereocenters. The maximum absolute atomic E-state index is 12.6. The van der Waals surface area contributed by atoms with Crippen molar-refractivity contribution in [2.75, 3.05) is 13.1 Å². The summed E-state index contributed by atoms with van der Waals surface area (Å²) in [5.41, 5.74) is 0.0542. The normalized spacial score (nSPS) is 17.7. The van der Waals surface area contributed by atoms with Gasteiger partial charge < -0.3 is 14.6 Å². The van der Waals surface area contributed by atoms with E-state index < -0.39 is 11.4 Å². The fraction of sp³-hybridized carbons (Fsp3) is 0.625. The monoisotopic (exact) mass is 292 g/mol. The van der Waals surface area contributed by atoms with Crippen molar-refractivity contribution in [2.24, 2.45) is 5.41 Å². The van der Waals surface area contributed by atoms with Crippen molar-refractivity contribution in [2.45, 2.75) is 46.1 Å². The predicted octanol–water partition coefficient (Wildman–Crippen LogP) is 2.62. The fourth-order valence-electron chi connectivity index (χ4n) is 3.06. The van der Waals surface area contributed by atoms with E-state index in [1.165, 1.54) is 0 Å². The summed E-state index contributed by atoms with van der Waals surface area (Å²) >= 11 is 0. The Morgan fingerprint density at radius 3 is 2.48 bits per heavy atom. The third-order valence-electron chi connectivity index (χ3n) is 4.65. The molecule has 1 saturated heterocycles. The molecule has 1 aromatic rings. The first-order chi connectivity index (χ1) is 10.0. The first-order valence-corrected chi connectivity index (χ1v) is 7.72. The third-order valence-corrected chi connectivity index (χ3v) is 4.65. The van der Waals surface area contributed by atoms with E-state index in [1.807, 2.05) is 29.8 Å². The summed E-state index contributed by atoms with van der Waals surface area (Å²) in [6, 6.07) is 3.73. The van der Waals surface area contributed by atoms with Crippen molar-refractivity contribution in [1.29, 1.82) is 0 Å². The van der Waals surface area contributed by atoms with E-state index in [1.54, 1.807) is 4.90 Å². The van der Waals surface area contributed by atoms with E-state index in [0.717, 1.165) is 13.0 Å². The van der Waals surface area contributed by atoms with E-state index in [2.05, 4.69) is 6.92 Å². The number of piperidine rings is 1. The molecule has 1 fully saturated rings. The summed E-state index contributed by atoms with van der Waals surface area (Å²) in [5, 5.41) is 9.40. The van der Waals surface area contributed by atoms with Crippen LogP contribution in [0.15, 0.2) is 18.3 Å². The molecule has 5 heteroatoms. The van der Waals surface area contributed by atoms with Crippen LogP contribution in [0.4, 0.5) is 0 Å². The summed E-state index contributed by atoms with van der Waals surface area (Å²) in [7, 11) is 0. The van der Waals surface area contributed by atoms with E-state index in [0.29, 0.717) is 38.0 Å². The van der Waals surface area contributed by atoms with E-state index in [4.69, 9.17) is 0 Å². The quantitative estimate of drug-likeness (QED) is 0.907. The molecule has 0 aromatic carbocycles. The largest absolute Gasteiger partial charge is 0.481 e. The highest BCUT2D eigenvalue weighted by molar-refractivity contribution is 5.93. The molecule has 1 amide bonds. The van der Waals surface area contributed by atoms with E-state index in [9.17, 15) is 14.7 Å². The van der Waals surface area contributed by atoms with Crippen LogP contribution >= 0.6 is 0 Å². The van der Waals surface area contributed by atoms with Crippen molar-refractivity contribution < 1.29 is 14.7 Å². The lowest BCUT2D eigenvalue weighted by Crippen LogP contribution is -2.46. The Kier molecular flexibility index (Phi) is 4.70. The minimum Gasteiger partial charge on any atom is -0.481 e. The molecule has 1 aromatic heterocycles. The van der Waals surface area contributed by atoms with Gasteiger partial charge >= 0.3 is 5.97 Å². The summed E-state index contributed by atoms with van der Waals surface area (Å²) < 4.78 is 1.97. The maximum Gasteiger partial charge on any atom is 0.309 e. The Balaban J connectivity index is 2.06. The maximum atomic E-state index is 12.6. The molecule has 0 spiro atoms. The minimum atomic E-state index is -0.730. The molecular formula is C16H24N2O3. The fourth-order valence-corrected chi connectivity index (χ4v) is 3.06. The summed E-state index contributed by atoms with van der Waals surface area (Å²) in [6.45, 7) is 5.87. The highest BCUT2D eigenvalue weighted by Crippen LogP contribution is 2.35. The van der Waals surface area contributed by atoms with Gasteiger partial charge in [-0.1, -0.05) is 13.8 Å². The number of likely N-dealkylation sites (tertiary alicyclic amines) is 1. The van der Waals surface area contributed by atoms with Crippen LogP contribution in [0.2, 0.25) is 0 Å². The topological polar surface area (TPSA) is 62.5 Å². The number of aryl methyl sites for hydroxylation is 1. The molecule has 21 heavy (non-hydrogen) atoms. The molecule has 0 aliphatic carbocycles. The van der Waals surface area contributed by atoms with Gasteiger partial charge in [-0.05, 0) is 37.8 Å². The first kappa shape index (κ1) is 15.6. The zero-order valence-electron chi connectivity index (χ0n) is 12.8. The molecule has 0 radical (unpaired) electrons. The van der Waals surface area contributed by atoms with Crippen LogP contribution in [0, 0.1) is 5.41 Å². The van der Waals surface area contributed by atoms with Crippen molar-refractivity contribution in [3.63, 3.8) is 0 Å². The van der Waals surface area contributed by atoms with Crippen LogP contribution in [0.25, 0.3) is 0 Å². The van der Waals surface area contributed by atoms with Crippen molar-refractivity contribution >= 4 is 11.9 Å². The number of carbonyl (C=O) groups is 2. The minimum absolute atomic E-state index is 0.0172. The third kappa shape index (κ3) is 2.96. The first-order valence-electron chi connectivity index (χ1n) is 7.72. The van der Waals surface area contributed by atoms with Crippen LogP contribution < -0.4 is 0 Å². The van der Waals surface area contributed by atoms with Gasteiger partial charge in [0.1, 0.15) is 5.69 Å². The SMILES string of the molecule is CCCn1cccc1C(=O)N1CCC(CC)(C(=O)O)CC1. The molecule has 1 N–H and O–H groups in total. The van der Waals surface area contributed by atoms with Gasteiger partial charge in [0.05, 0.1) is 5.41 Å². The number of rotatable bonds is 5. The Hall–Kier alpha value is -1.78. The Morgan fingerprint density at radius 2 is 1.95 bits per heavy atom. The molecule has 1 aliphatic rings. The second kappa shape index (κ2) is 6.33. The van der Waals surface area contributed by atoms with Crippen molar-refractivity contribution in [3.05, 3.63) is 24.0 Å². The van der Waals surface area contributed by atoms with Gasteiger partial charge in [-0.3, -0.25) is 9.59 Å². The summed E-state index contributed by atoms with van der Waals surface area (Å²) in [6.07, 6.45) is 4.61. The number of hydrogen-bond donors (Lipinski definition) is 1. The van der Waals surface area contributed by atoms with Gasteiger partial charge in [0.15, 0.2) is 0 Å². The van der Waals surface area contributed by atoms with Gasteiger partial charge in [-0.2, -0.15) is 0 Å². The molecule has 0 saturated carbocycles. The van der Waals surface area contributed by atoms with E-state index in [-0.39, 0.29) is 5.91 Å². The van der Waals surface area contributed by atoms with Crippen LogP contribution in [-0.4, -0.2) is 39.5 Å². The zero-order valence-corrected chi connectivity index (χ0v) is 12.8. The lowest BCUT2D eigenvalue weighted by Gasteiger charge is -2.38. The highest BCUT2D eigenvalue weighted by atomic mass is 16.4. The van der Waals surface area contributed by atoms with Crippen LogP contribution in [0.1, 0.15) is 50.0 Å². The molecule has 2 heterocycles. The number of aliphatic carboxylic acids is 1. The molecule has 1 aliphatic heterocycles. The van der Waals surface area contributed by atoms with Crippen LogP contribution in [-0.2, 0) is 11.3 Å². The number of hydrogen-bond acceptors (Lipinski definition) is 2.